The molecular formula is C12H18BrNO3S. The number of para-hydroxylation sites is 1. The molecule has 0 aliphatic heterocycles. The second-order valence-electron chi connectivity index (χ2n) is 4.39. The van der Waals surface area contributed by atoms with Gasteiger partial charge in [-0.25, -0.2) is 8.42 Å². The molecule has 18 heavy (non-hydrogen) atoms. The molecule has 0 bridgehead atoms. The summed E-state index contributed by atoms with van der Waals surface area (Å²) in [6, 6.07) is 5.73. The molecule has 0 amide bonds. The number of benzene rings is 1. The van der Waals surface area contributed by atoms with Crippen LogP contribution in [0.1, 0.15) is 12.5 Å². The minimum absolute atomic E-state index is 0.00591. The molecule has 1 rings (SSSR count). The third-order valence-electron chi connectivity index (χ3n) is 2.29. The molecule has 2 N–H and O–H groups in total. The van der Waals surface area contributed by atoms with Crippen LogP contribution in [0.3, 0.4) is 0 Å². The van der Waals surface area contributed by atoms with Gasteiger partial charge in [0.25, 0.3) is 0 Å². The average Bonchev–Trinajstić information content (AvgIpc) is 2.19. The van der Waals surface area contributed by atoms with Gasteiger partial charge in [0.1, 0.15) is 12.4 Å². The molecule has 0 heterocycles. The maximum absolute atomic E-state index is 11.1. The number of nitrogens with two attached hydrogens (primary N) is 1. The molecule has 4 nitrogen and oxygen atoms in total. The molecule has 1 atom stereocenters. The standard InChI is InChI=1S/C12H18BrNO3S/c1-9(14)8-10-4-3-5-11(13)12(10)17-6-7-18(2,15)16/h3-5,9H,6-8,14H2,1-2H3. The summed E-state index contributed by atoms with van der Waals surface area (Å²) in [6.07, 6.45) is 1.88. The van der Waals surface area contributed by atoms with E-state index in [9.17, 15) is 8.42 Å². The van der Waals surface area contributed by atoms with Gasteiger partial charge in [0.05, 0.1) is 10.2 Å². The Morgan fingerprint density at radius 3 is 2.67 bits per heavy atom. The summed E-state index contributed by atoms with van der Waals surface area (Å²) in [6.45, 7) is 2.06. The van der Waals surface area contributed by atoms with Crippen LogP contribution in [0.4, 0.5) is 0 Å². The van der Waals surface area contributed by atoms with Crippen molar-refractivity contribution in [3.63, 3.8) is 0 Å². The Balaban J connectivity index is 2.79. The molecule has 0 saturated heterocycles. The van der Waals surface area contributed by atoms with Crippen molar-refractivity contribution in [2.75, 3.05) is 18.6 Å². The molecule has 1 aromatic carbocycles. The molecule has 0 saturated carbocycles. The van der Waals surface area contributed by atoms with E-state index in [1.807, 2.05) is 25.1 Å². The minimum Gasteiger partial charge on any atom is -0.491 e. The molecule has 102 valence electrons. The summed E-state index contributed by atoms with van der Waals surface area (Å²) in [4.78, 5) is 0. The highest BCUT2D eigenvalue weighted by atomic mass is 79.9. The highest BCUT2D eigenvalue weighted by Crippen LogP contribution is 2.29. The predicted molar refractivity (Wildman–Crippen MR) is 76.7 cm³/mol. The molecule has 0 aliphatic carbocycles. The van der Waals surface area contributed by atoms with E-state index in [1.165, 1.54) is 6.26 Å². The first-order valence-corrected chi connectivity index (χ1v) is 8.48. The van der Waals surface area contributed by atoms with E-state index in [0.717, 1.165) is 10.0 Å². The second kappa shape index (κ2) is 6.54. The molecular weight excluding hydrogens is 318 g/mol. The Kier molecular flexibility index (Phi) is 5.62. The Bertz CT molecular complexity index is 500. The zero-order chi connectivity index (χ0) is 13.8. The zero-order valence-electron chi connectivity index (χ0n) is 10.5. The minimum atomic E-state index is -3.01. The van der Waals surface area contributed by atoms with Crippen molar-refractivity contribution in [3.05, 3.63) is 28.2 Å². The zero-order valence-corrected chi connectivity index (χ0v) is 12.9. The lowest BCUT2D eigenvalue weighted by molar-refractivity contribution is 0.334. The van der Waals surface area contributed by atoms with Gasteiger partial charge in [-0.3, -0.25) is 0 Å². The molecule has 0 aromatic heterocycles. The van der Waals surface area contributed by atoms with Crippen LogP contribution in [0.15, 0.2) is 22.7 Å². The van der Waals surface area contributed by atoms with Crippen LogP contribution in [-0.4, -0.2) is 33.1 Å². The number of halogens is 1. The van der Waals surface area contributed by atoms with Gasteiger partial charge in [-0.15, -0.1) is 0 Å². The van der Waals surface area contributed by atoms with E-state index >= 15 is 0 Å². The van der Waals surface area contributed by atoms with Gasteiger partial charge in [-0.05, 0) is 40.9 Å². The van der Waals surface area contributed by atoms with E-state index in [-0.39, 0.29) is 18.4 Å². The highest BCUT2D eigenvalue weighted by Gasteiger charge is 2.11. The smallest absolute Gasteiger partial charge is 0.150 e. The molecule has 0 aliphatic rings. The number of sulfone groups is 1. The van der Waals surface area contributed by atoms with Crippen molar-refractivity contribution < 1.29 is 13.2 Å². The third kappa shape index (κ3) is 5.37. The molecule has 1 unspecified atom stereocenters. The van der Waals surface area contributed by atoms with Gasteiger partial charge in [0, 0.05) is 12.3 Å². The summed E-state index contributed by atoms with van der Waals surface area (Å²) >= 11 is 3.40. The van der Waals surface area contributed by atoms with Crippen molar-refractivity contribution in [3.8, 4) is 5.75 Å². The van der Waals surface area contributed by atoms with E-state index in [2.05, 4.69) is 15.9 Å². The van der Waals surface area contributed by atoms with Crippen LogP contribution >= 0.6 is 15.9 Å². The molecule has 0 spiro atoms. The number of hydrogen-bond acceptors (Lipinski definition) is 4. The Morgan fingerprint density at radius 2 is 2.11 bits per heavy atom. The van der Waals surface area contributed by atoms with E-state index in [0.29, 0.717) is 12.2 Å². The van der Waals surface area contributed by atoms with Crippen molar-refractivity contribution in [2.45, 2.75) is 19.4 Å². The first-order valence-electron chi connectivity index (χ1n) is 5.63. The normalized spacial score (nSPS) is 13.3. The Labute approximate surface area is 117 Å². The van der Waals surface area contributed by atoms with Gasteiger partial charge >= 0.3 is 0 Å². The molecule has 0 fully saturated rings. The first kappa shape index (κ1) is 15.5. The molecule has 6 heteroatoms. The van der Waals surface area contributed by atoms with E-state index in [4.69, 9.17) is 10.5 Å². The van der Waals surface area contributed by atoms with Gasteiger partial charge in [-0.2, -0.15) is 0 Å². The lowest BCUT2D eigenvalue weighted by Crippen LogP contribution is -2.19. The maximum atomic E-state index is 11.1. The predicted octanol–water partition coefficient (Wildman–Crippen LogP) is 1.76. The largest absolute Gasteiger partial charge is 0.491 e. The maximum Gasteiger partial charge on any atom is 0.150 e. The fraction of sp³-hybridized carbons (Fsp3) is 0.500. The molecule has 0 radical (unpaired) electrons. The molecule has 1 aromatic rings. The van der Waals surface area contributed by atoms with Crippen molar-refractivity contribution >= 4 is 25.8 Å². The average molecular weight is 336 g/mol. The fourth-order valence-corrected chi connectivity index (χ4v) is 2.43. The highest BCUT2D eigenvalue weighted by molar-refractivity contribution is 9.10. The number of ether oxygens (including phenoxy) is 1. The Hall–Kier alpha value is -0.590. The van der Waals surface area contributed by atoms with Crippen LogP contribution < -0.4 is 10.5 Å². The van der Waals surface area contributed by atoms with Gasteiger partial charge in [0.2, 0.25) is 0 Å². The van der Waals surface area contributed by atoms with E-state index < -0.39 is 9.84 Å². The van der Waals surface area contributed by atoms with Crippen LogP contribution in [0.2, 0.25) is 0 Å². The van der Waals surface area contributed by atoms with Crippen LogP contribution in [0.5, 0.6) is 5.75 Å². The topological polar surface area (TPSA) is 69.4 Å². The SMILES string of the molecule is CC(N)Cc1cccc(Br)c1OCCS(C)(=O)=O. The summed E-state index contributed by atoms with van der Waals surface area (Å²) in [5.74, 6) is 0.685. The number of rotatable bonds is 6. The monoisotopic (exact) mass is 335 g/mol. The summed E-state index contributed by atoms with van der Waals surface area (Å²) in [7, 11) is -3.01. The van der Waals surface area contributed by atoms with Gasteiger partial charge in [-0.1, -0.05) is 12.1 Å². The number of hydrogen-bond donors (Lipinski definition) is 1. The second-order valence-corrected chi connectivity index (χ2v) is 7.50. The van der Waals surface area contributed by atoms with Crippen molar-refractivity contribution in [1.82, 2.24) is 0 Å². The fourth-order valence-electron chi connectivity index (χ4n) is 1.52. The van der Waals surface area contributed by atoms with Gasteiger partial charge < -0.3 is 10.5 Å². The Morgan fingerprint density at radius 1 is 1.44 bits per heavy atom. The quantitative estimate of drug-likeness (QED) is 0.859. The van der Waals surface area contributed by atoms with Crippen LogP contribution in [-0.2, 0) is 16.3 Å². The van der Waals surface area contributed by atoms with Crippen LogP contribution in [0, 0.1) is 0 Å². The van der Waals surface area contributed by atoms with Gasteiger partial charge in [0.15, 0.2) is 9.84 Å². The summed E-state index contributed by atoms with van der Waals surface area (Å²) < 4.78 is 28.5. The van der Waals surface area contributed by atoms with E-state index in [1.54, 1.807) is 0 Å². The first-order chi connectivity index (χ1) is 8.29. The lowest BCUT2D eigenvalue weighted by Gasteiger charge is -2.14. The van der Waals surface area contributed by atoms with Crippen molar-refractivity contribution in [2.24, 2.45) is 5.73 Å². The summed E-state index contributed by atoms with van der Waals surface area (Å²) in [5, 5.41) is 0. The van der Waals surface area contributed by atoms with Crippen LogP contribution in [0.25, 0.3) is 0 Å². The van der Waals surface area contributed by atoms with Crippen molar-refractivity contribution in [1.29, 1.82) is 0 Å². The summed E-state index contributed by atoms with van der Waals surface area (Å²) in [5.41, 5.74) is 6.75. The lowest BCUT2D eigenvalue weighted by atomic mass is 10.1. The third-order valence-corrected chi connectivity index (χ3v) is 3.82.